The lowest BCUT2D eigenvalue weighted by Gasteiger charge is -2.59. The standard InChI is InChI=1S/C22H28N2O2/c1-13-2-4-17(5-3-13)22(6-7-22)20(26)24-18-15-8-14-9-16(18)12-21(10-14,11-15)19(23)25/h2-5,14-16,18H,6-12H2,1H3,(H2,23,25)(H,24,26)/t14?,15-,16+,18?,21?. The Morgan fingerprint density at radius 3 is 2.19 bits per heavy atom. The third-order valence-corrected chi connectivity index (χ3v) is 7.88. The molecule has 2 amide bonds. The number of hydrogen-bond acceptors (Lipinski definition) is 2. The van der Waals surface area contributed by atoms with Crippen LogP contribution in [0.1, 0.15) is 56.1 Å². The number of hydrogen-bond donors (Lipinski definition) is 2. The first kappa shape index (κ1) is 16.3. The molecule has 6 rings (SSSR count). The molecule has 1 aromatic carbocycles. The second-order valence-electron chi connectivity index (χ2n) is 9.56. The first-order chi connectivity index (χ1) is 12.4. The maximum atomic E-state index is 13.2. The van der Waals surface area contributed by atoms with Crippen molar-refractivity contribution in [3.63, 3.8) is 0 Å². The summed E-state index contributed by atoms with van der Waals surface area (Å²) in [4.78, 5) is 25.3. The number of nitrogens with two attached hydrogens (primary N) is 1. The van der Waals surface area contributed by atoms with Gasteiger partial charge in [-0.25, -0.2) is 0 Å². The molecule has 4 heteroatoms. The van der Waals surface area contributed by atoms with E-state index in [1.165, 1.54) is 5.56 Å². The van der Waals surface area contributed by atoms with Crippen molar-refractivity contribution in [3.8, 4) is 0 Å². The molecule has 138 valence electrons. The number of amides is 2. The van der Waals surface area contributed by atoms with Crippen molar-refractivity contribution in [3.05, 3.63) is 35.4 Å². The molecule has 3 N–H and O–H groups in total. The summed E-state index contributed by atoms with van der Waals surface area (Å²) < 4.78 is 0. The highest BCUT2D eigenvalue weighted by Gasteiger charge is 2.59. The van der Waals surface area contributed by atoms with Gasteiger partial charge < -0.3 is 11.1 Å². The maximum Gasteiger partial charge on any atom is 0.230 e. The normalized spacial score (nSPS) is 38.8. The Balaban J connectivity index is 1.35. The molecule has 5 aliphatic rings. The van der Waals surface area contributed by atoms with Crippen LogP contribution in [0.4, 0.5) is 0 Å². The molecule has 5 fully saturated rings. The number of carbonyl (C=O) groups is 2. The summed E-state index contributed by atoms with van der Waals surface area (Å²) in [6.07, 6.45) is 6.90. The first-order valence-corrected chi connectivity index (χ1v) is 10.1. The number of nitrogens with one attached hydrogen (secondary N) is 1. The number of primary amides is 1. The zero-order valence-electron chi connectivity index (χ0n) is 15.5. The van der Waals surface area contributed by atoms with Crippen LogP contribution in [-0.4, -0.2) is 17.9 Å². The average molecular weight is 352 g/mol. The topological polar surface area (TPSA) is 72.2 Å². The van der Waals surface area contributed by atoms with Crippen molar-refractivity contribution in [1.82, 2.24) is 5.32 Å². The Morgan fingerprint density at radius 2 is 1.65 bits per heavy atom. The van der Waals surface area contributed by atoms with E-state index in [2.05, 4.69) is 36.5 Å². The van der Waals surface area contributed by atoms with Gasteiger partial charge in [0.1, 0.15) is 0 Å². The number of carbonyl (C=O) groups excluding carboxylic acids is 2. The van der Waals surface area contributed by atoms with E-state index in [-0.39, 0.29) is 28.7 Å². The molecular formula is C22H28N2O2. The van der Waals surface area contributed by atoms with E-state index < -0.39 is 0 Å². The van der Waals surface area contributed by atoms with Crippen LogP contribution in [0.25, 0.3) is 0 Å². The lowest BCUT2D eigenvalue weighted by Crippen LogP contribution is -2.62. The van der Waals surface area contributed by atoms with Crippen molar-refractivity contribution < 1.29 is 9.59 Å². The zero-order valence-corrected chi connectivity index (χ0v) is 15.5. The quantitative estimate of drug-likeness (QED) is 0.874. The molecule has 1 aromatic rings. The van der Waals surface area contributed by atoms with Gasteiger partial charge in [0, 0.05) is 11.5 Å². The largest absolute Gasteiger partial charge is 0.369 e. The van der Waals surface area contributed by atoms with E-state index in [9.17, 15) is 9.59 Å². The van der Waals surface area contributed by atoms with Crippen LogP contribution in [0.3, 0.4) is 0 Å². The van der Waals surface area contributed by atoms with E-state index in [1.54, 1.807) is 0 Å². The van der Waals surface area contributed by atoms with Crippen LogP contribution in [0.15, 0.2) is 24.3 Å². The van der Waals surface area contributed by atoms with Crippen LogP contribution < -0.4 is 11.1 Å². The lowest BCUT2D eigenvalue weighted by molar-refractivity contribution is -0.147. The minimum absolute atomic E-state index is 0.111. The molecule has 0 aliphatic heterocycles. The fraction of sp³-hybridized carbons (Fsp3) is 0.636. The van der Waals surface area contributed by atoms with Crippen LogP contribution in [0.2, 0.25) is 0 Å². The van der Waals surface area contributed by atoms with E-state index in [1.807, 2.05) is 0 Å². The smallest absolute Gasteiger partial charge is 0.230 e. The molecular weight excluding hydrogens is 324 g/mol. The molecule has 5 atom stereocenters. The zero-order chi connectivity index (χ0) is 18.1. The SMILES string of the molecule is Cc1ccc(C2(C(=O)NC3[C@@H]4CC5C[C@H]3CC(C(N)=O)(C5)C4)CC2)cc1. The van der Waals surface area contributed by atoms with Crippen molar-refractivity contribution in [1.29, 1.82) is 0 Å². The summed E-state index contributed by atoms with van der Waals surface area (Å²) in [7, 11) is 0. The van der Waals surface area contributed by atoms with Gasteiger partial charge in [0.25, 0.3) is 0 Å². The van der Waals surface area contributed by atoms with Gasteiger partial charge in [-0.2, -0.15) is 0 Å². The second-order valence-corrected chi connectivity index (χ2v) is 9.56. The molecule has 5 aliphatic carbocycles. The van der Waals surface area contributed by atoms with Crippen LogP contribution in [0.5, 0.6) is 0 Å². The van der Waals surface area contributed by atoms with Crippen molar-refractivity contribution in [2.24, 2.45) is 28.9 Å². The van der Waals surface area contributed by atoms with Gasteiger partial charge in [-0.05, 0) is 75.2 Å². The molecule has 3 unspecified atom stereocenters. The highest BCUT2D eigenvalue weighted by molar-refractivity contribution is 5.91. The Hall–Kier alpha value is -1.84. The Bertz CT molecular complexity index is 749. The molecule has 26 heavy (non-hydrogen) atoms. The molecule has 5 saturated carbocycles. The minimum Gasteiger partial charge on any atom is -0.369 e. The number of aryl methyl sites for hydroxylation is 1. The van der Waals surface area contributed by atoms with Gasteiger partial charge in [-0.1, -0.05) is 29.8 Å². The fourth-order valence-electron chi connectivity index (χ4n) is 6.50. The fourth-order valence-corrected chi connectivity index (χ4v) is 6.50. The van der Waals surface area contributed by atoms with E-state index in [0.29, 0.717) is 17.8 Å². The Labute approximate surface area is 154 Å². The average Bonchev–Trinajstić information content (AvgIpc) is 3.40. The monoisotopic (exact) mass is 352 g/mol. The van der Waals surface area contributed by atoms with Crippen LogP contribution >= 0.6 is 0 Å². The van der Waals surface area contributed by atoms with E-state index in [4.69, 9.17) is 5.73 Å². The molecule has 0 aromatic heterocycles. The van der Waals surface area contributed by atoms with Gasteiger partial charge in [-0.15, -0.1) is 0 Å². The summed E-state index contributed by atoms with van der Waals surface area (Å²) in [6.45, 7) is 2.08. The molecule has 0 heterocycles. The van der Waals surface area contributed by atoms with Crippen molar-refractivity contribution in [2.75, 3.05) is 0 Å². The minimum atomic E-state index is -0.316. The van der Waals surface area contributed by atoms with Crippen LogP contribution in [-0.2, 0) is 15.0 Å². The van der Waals surface area contributed by atoms with Gasteiger partial charge in [0.2, 0.25) is 11.8 Å². The van der Waals surface area contributed by atoms with Gasteiger partial charge in [0.15, 0.2) is 0 Å². The molecule has 0 radical (unpaired) electrons. The van der Waals surface area contributed by atoms with Crippen molar-refractivity contribution >= 4 is 11.8 Å². The molecule has 4 nitrogen and oxygen atoms in total. The highest BCUT2D eigenvalue weighted by Crippen LogP contribution is 2.60. The maximum absolute atomic E-state index is 13.2. The Morgan fingerprint density at radius 1 is 1.04 bits per heavy atom. The summed E-state index contributed by atoms with van der Waals surface area (Å²) in [5, 5.41) is 3.44. The van der Waals surface area contributed by atoms with Gasteiger partial charge >= 0.3 is 0 Å². The molecule has 0 saturated heterocycles. The molecule has 4 bridgehead atoms. The molecule has 0 spiro atoms. The van der Waals surface area contributed by atoms with Crippen LogP contribution in [0, 0.1) is 30.1 Å². The third-order valence-electron chi connectivity index (χ3n) is 7.88. The number of rotatable bonds is 4. The van der Waals surface area contributed by atoms with Gasteiger partial charge in [-0.3, -0.25) is 9.59 Å². The van der Waals surface area contributed by atoms with Gasteiger partial charge in [0.05, 0.1) is 5.41 Å². The first-order valence-electron chi connectivity index (χ1n) is 10.1. The summed E-state index contributed by atoms with van der Waals surface area (Å²) >= 11 is 0. The predicted octanol–water partition coefficient (Wildman–Crippen LogP) is 2.82. The summed E-state index contributed by atoms with van der Waals surface area (Å²) in [5.41, 5.74) is 7.55. The summed E-state index contributed by atoms with van der Waals surface area (Å²) in [5.74, 6) is 1.56. The second kappa shape index (κ2) is 5.34. The Kier molecular flexibility index (Phi) is 3.35. The summed E-state index contributed by atoms with van der Waals surface area (Å²) in [6, 6.07) is 8.65. The lowest BCUT2D eigenvalue weighted by atomic mass is 9.47. The third kappa shape index (κ3) is 2.27. The number of benzene rings is 1. The van der Waals surface area contributed by atoms with E-state index >= 15 is 0 Å². The van der Waals surface area contributed by atoms with E-state index in [0.717, 1.165) is 50.5 Å². The highest BCUT2D eigenvalue weighted by atomic mass is 16.2. The predicted molar refractivity (Wildman–Crippen MR) is 99.2 cm³/mol. The van der Waals surface area contributed by atoms with Crippen molar-refractivity contribution in [2.45, 2.75) is 63.3 Å².